The SMILES string of the molecule is CCOC(=O)COCc1cccc(OCc2sc(-c3ccc(C(F)(F)F)cc3)nc2C)c1. The number of aromatic nitrogens is 1. The third-order valence-electron chi connectivity index (χ3n) is 4.41. The van der Waals surface area contributed by atoms with Crippen molar-refractivity contribution in [3.05, 3.63) is 70.2 Å². The van der Waals surface area contributed by atoms with E-state index in [1.54, 1.807) is 6.92 Å². The molecule has 0 saturated heterocycles. The Bertz CT molecular complexity index is 1050. The first-order chi connectivity index (χ1) is 15.3. The Kier molecular flexibility index (Phi) is 7.87. The molecule has 0 bridgehead atoms. The molecule has 0 saturated carbocycles. The van der Waals surface area contributed by atoms with Crippen LogP contribution in [0.5, 0.6) is 5.75 Å². The summed E-state index contributed by atoms with van der Waals surface area (Å²) in [7, 11) is 0. The Morgan fingerprint density at radius 2 is 1.84 bits per heavy atom. The molecule has 0 aliphatic heterocycles. The molecular formula is C23H22F3NO4S. The number of rotatable bonds is 9. The van der Waals surface area contributed by atoms with Crippen molar-refractivity contribution in [3.63, 3.8) is 0 Å². The minimum Gasteiger partial charge on any atom is -0.488 e. The number of alkyl halides is 3. The van der Waals surface area contributed by atoms with Crippen LogP contribution in [0.25, 0.3) is 10.6 Å². The lowest BCUT2D eigenvalue weighted by Gasteiger charge is -2.08. The molecule has 0 fully saturated rings. The van der Waals surface area contributed by atoms with Gasteiger partial charge in [0, 0.05) is 5.56 Å². The molecular weight excluding hydrogens is 443 g/mol. The van der Waals surface area contributed by atoms with Crippen molar-refractivity contribution < 1.29 is 32.2 Å². The third kappa shape index (κ3) is 6.54. The van der Waals surface area contributed by atoms with E-state index >= 15 is 0 Å². The highest BCUT2D eigenvalue weighted by molar-refractivity contribution is 7.15. The van der Waals surface area contributed by atoms with Crippen LogP contribution < -0.4 is 4.74 Å². The molecule has 1 aromatic heterocycles. The zero-order chi connectivity index (χ0) is 23.1. The molecule has 5 nitrogen and oxygen atoms in total. The predicted octanol–water partition coefficient (Wildman–Crippen LogP) is 5.80. The normalized spacial score (nSPS) is 11.4. The number of hydrogen-bond donors (Lipinski definition) is 0. The van der Waals surface area contributed by atoms with Gasteiger partial charge in [0.05, 0.1) is 29.3 Å². The second-order valence-electron chi connectivity index (χ2n) is 6.84. The number of halogens is 3. The van der Waals surface area contributed by atoms with Gasteiger partial charge in [-0.1, -0.05) is 24.3 Å². The van der Waals surface area contributed by atoms with E-state index in [9.17, 15) is 18.0 Å². The molecule has 32 heavy (non-hydrogen) atoms. The zero-order valence-electron chi connectivity index (χ0n) is 17.6. The van der Waals surface area contributed by atoms with Gasteiger partial charge in [-0.15, -0.1) is 11.3 Å². The fraction of sp³-hybridized carbons (Fsp3) is 0.304. The Morgan fingerprint density at radius 1 is 1.09 bits per heavy atom. The minimum atomic E-state index is -4.37. The maximum absolute atomic E-state index is 12.8. The van der Waals surface area contributed by atoms with Crippen LogP contribution in [0.4, 0.5) is 13.2 Å². The van der Waals surface area contributed by atoms with Gasteiger partial charge in [0.15, 0.2) is 0 Å². The Morgan fingerprint density at radius 3 is 2.53 bits per heavy atom. The second-order valence-corrected chi connectivity index (χ2v) is 7.92. The van der Waals surface area contributed by atoms with Gasteiger partial charge in [0.2, 0.25) is 0 Å². The summed E-state index contributed by atoms with van der Waals surface area (Å²) >= 11 is 1.38. The number of nitrogens with zero attached hydrogens (tertiary/aromatic N) is 1. The molecule has 1 heterocycles. The number of esters is 1. The number of benzene rings is 2. The van der Waals surface area contributed by atoms with E-state index in [0.717, 1.165) is 28.3 Å². The van der Waals surface area contributed by atoms with Crippen molar-refractivity contribution in [2.75, 3.05) is 13.2 Å². The zero-order valence-corrected chi connectivity index (χ0v) is 18.4. The number of carbonyl (C=O) groups excluding carboxylic acids is 1. The van der Waals surface area contributed by atoms with Crippen LogP contribution in [-0.2, 0) is 33.7 Å². The Hall–Kier alpha value is -2.91. The largest absolute Gasteiger partial charge is 0.488 e. The summed E-state index contributed by atoms with van der Waals surface area (Å²) in [6.07, 6.45) is -4.37. The molecule has 0 amide bonds. The lowest BCUT2D eigenvalue weighted by atomic mass is 10.1. The summed E-state index contributed by atoms with van der Waals surface area (Å²) in [5.41, 5.74) is 1.54. The van der Waals surface area contributed by atoms with Crippen LogP contribution in [0.15, 0.2) is 48.5 Å². The first kappa shape index (κ1) is 23.7. The molecule has 170 valence electrons. The maximum atomic E-state index is 12.8. The quantitative estimate of drug-likeness (QED) is 0.374. The van der Waals surface area contributed by atoms with Gasteiger partial charge in [0.25, 0.3) is 0 Å². The van der Waals surface area contributed by atoms with E-state index in [1.165, 1.54) is 23.5 Å². The number of carbonyl (C=O) groups is 1. The fourth-order valence-electron chi connectivity index (χ4n) is 2.82. The molecule has 9 heteroatoms. The molecule has 0 aliphatic rings. The van der Waals surface area contributed by atoms with Gasteiger partial charge in [-0.25, -0.2) is 9.78 Å². The van der Waals surface area contributed by atoms with Gasteiger partial charge in [-0.05, 0) is 43.7 Å². The summed E-state index contributed by atoms with van der Waals surface area (Å²) in [5, 5.41) is 0.635. The van der Waals surface area contributed by atoms with Crippen LogP contribution in [0.2, 0.25) is 0 Å². The number of ether oxygens (including phenoxy) is 3. The Labute approximate surface area is 187 Å². The molecule has 0 atom stereocenters. The molecule has 0 N–H and O–H groups in total. The smallest absolute Gasteiger partial charge is 0.416 e. The number of thiazole rings is 1. The third-order valence-corrected chi connectivity index (χ3v) is 5.59. The summed E-state index contributed by atoms with van der Waals surface area (Å²) in [4.78, 5) is 16.7. The van der Waals surface area contributed by atoms with Gasteiger partial charge in [-0.2, -0.15) is 13.2 Å². The van der Waals surface area contributed by atoms with Gasteiger partial charge >= 0.3 is 12.1 Å². The van der Waals surface area contributed by atoms with Gasteiger partial charge in [-0.3, -0.25) is 0 Å². The van der Waals surface area contributed by atoms with Gasteiger partial charge < -0.3 is 14.2 Å². The molecule has 0 spiro atoms. The topological polar surface area (TPSA) is 57.7 Å². The van der Waals surface area contributed by atoms with Crippen LogP contribution >= 0.6 is 11.3 Å². The molecule has 3 aromatic rings. The fourth-order valence-corrected chi connectivity index (χ4v) is 3.80. The summed E-state index contributed by atoms with van der Waals surface area (Å²) in [5.74, 6) is 0.218. The molecule has 3 rings (SSSR count). The predicted molar refractivity (Wildman–Crippen MR) is 114 cm³/mol. The lowest BCUT2D eigenvalue weighted by molar-refractivity contribution is -0.148. The highest BCUT2D eigenvalue weighted by Gasteiger charge is 2.30. The van der Waals surface area contributed by atoms with E-state index in [2.05, 4.69) is 4.98 Å². The maximum Gasteiger partial charge on any atom is 0.416 e. The molecule has 2 aromatic carbocycles. The van der Waals surface area contributed by atoms with E-state index in [4.69, 9.17) is 14.2 Å². The van der Waals surface area contributed by atoms with Crippen molar-refractivity contribution in [3.8, 4) is 16.3 Å². The average molecular weight is 465 g/mol. The minimum absolute atomic E-state index is 0.119. The summed E-state index contributed by atoms with van der Waals surface area (Å²) < 4.78 is 54.3. The van der Waals surface area contributed by atoms with Crippen LogP contribution in [0.3, 0.4) is 0 Å². The first-order valence-corrected chi connectivity index (χ1v) is 10.7. The van der Waals surface area contributed by atoms with Crippen molar-refractivity contribution in [2.24, 2.45) is 0 Å². The highest BCUT2D eigenvalue weighted by atomic mass is 32.1. The van der Waals surface area contributed by atoms with Crippen LogP contribution in [0.1, 0.15) is 28.6 Å². The molecule has 0 aliphatic carbocycles. The van der Waals surface area contributed by atoms with E-state index in [1.807, 2.05) is 31.2 Å². The second kappa shape index (κ2) is 10.6. The summed E-state index contributed by atoms with van der Waals surface area (Å²) in [6, 6.07) is 12.3. The van der Waals surface area contributed by atoms with E-state index < -0.39 is 17.7 Å². The van der Waals surface area contributed by atoms with Crippen LogP contribution in [0, 0.1) is 6.92 Å². The van der Waals surface area contributed by atoms with E-state index in [-0.39, 0.29) is 19.8 Å². The monoisotopic (exact) mass is 465 g/mol. The van der Waals surface area contributed by atoms with Crippen molar-refractivity contribution in [1.82, 2.24) is 4.98 Å². The first-order valence-electron chi connectivity index (χ1n) is 9.85. The molecule has 0 unspecified atom stereocenters. The highest BCUT2D eigenvalue weighted by Crippen LogP contribution is 2.33. The van der Waals surface area contributed by atoms with Crippen molar-refractivity contribution in [1.29, 1.82) is 0 Å². The van der Waals surface area contributed by atoms with Crippen molar-refractivity contribution in [2.45, 2.75) is 33.2 Å². The Balaban J connectivity index is 1.59. The average Bonchev–Trinajstić information content (AvgIpc) is 3.13. The van der Waals surface area contributed by atoms with Crippen LogP contribution in [-0.4, -0.2) is 24.2 Å². The van der Waals surface area contributed by atoms with E-state index in [0.29, 0.717) is 22.9 Å². The van der Waals surface area contributed by atoms with Crippen molar-refractivity contribution >= 4 is 17.3 Å². The van der Waals surface area contributed by atoms with Gasteiger partial charge in [0.1, 0.15) is 24.0 Å². The standard InChI is InChI=1S/C23H22F3NO4S/c1-3-30-21(28)14-29-12-16-5-4-6-19(11-16)31-13-20-15(2)27-22(32-20)17-7-9-18(10-8-17)23(24,25)26/h4-11H,3,12-14H2,1-2H3. The summed E-state index contributed by atoms with van der Waals surface area (Å²) in [6.45, 7) is 4.28. The number of hydrogen-bond acceptors (Lipinski definition) is 6. The number of aryl methyl sites for hydroxylation is 1. The molecule has 0 radical (unpaired) electrons. The lowest BCUT2D eigenvalue weighted by Crippen LogP contribution is -2.12.